The zero-order valence-corrected chi connectivity index (χ0v) is 10.6. The van der Waals surface area contributed by atoms with Gasteiger partial charge < -0.3 is 5.32 Å². The Bertz CT molecular complexity index is 506. The number of anilines is 1. The molecule has 1 aromatic carbocycles. The lowest BCUT2D eigenvalue weighted by atomic mass is 10.0. The van der Waals surface area contributed by atoms with Crippen molar-refractivity contribution in [2.45, 2.75) is 19.8 Å². The second-order valence-corrected chi connectivity index (χ2v) is 4.95. The van der Waals surface area contributed by atoms with Gasteiger partial charge in [0.1, 0.15) is 4.88 Å². The Balaban J connectivity index is 2.22. The van der Waals surface area contributed by atoms with E-state index in [1.54, 1.807) is 11.7 Å². The fourth-order valence-corrected chi connectivity index (χ4v) is 2.14. The maximum atomic E-state index is 11.9. The summed E-state index contributed by atoms with van der Waals surface area (Å²) in [5.41, 5.74) is 3.68. The highest BCUT2D eigenvalue weighted by Gasteiger charge is 2.11. The van der Waals surface area contributed by atoms with Crippen molar-refractivity contribution < 1.29 is 4.79 Å². The average molecular weight is 246 g/mol. The minimum absolute atomic E-state index is 0.0967. The van der Waals surface area contributed by atoms with Crippen molar-refractivity contribution in [1.82, 2.24) is 4.98 Å². The van der Waals surface area contributed by atoms with Crippen LogP contribution >= 0.6 is 11.3 Å². The van der Waals surface area contributed by atoms with Crippen molar-refractivity contribution in [2.24, 2.45) is 0 Å². The van der Waals surface area contributed by atoms with E-state index < -0.39 is 0 Å². The maximum absolute atomic E-state index is 11.9. The Morgan fingerprint density at radius 1 is 1.35 bits per heavy atom. The van der Waals surface area contributed by atoms with Gasteiger partial charge in [0.05, 0.1) is 11.7 Å². The van der Waals surface area contributed by atoms with Crippen molar-refractivity contribution in [2.75, 3.05) is 5.32 Å². The molecule has 2 rings (SSSR count). The summed E-state index contributed by atoms with van der Waals surface area (Å²) in [4.78, 5) is 16.4. The summed E-state index contributed by atoms with van der Waals surface area (Å²) in [5.74, 6) is 0.286. The third-order valence-corrected chi connectivity index (χ3v) is 3.26. The summed E-state index contributed by atoms with van der Waals surface area (Å²) in [7, 11) is 0. The number of amides is 1. The van der Waals surface area contributed by atoms with E-state index in [9.17, 15) is 4.79 Å². The lowest BCUT2D eigenvalue weighted by Crippen LogP contribution is -2.12. The summed E-state index contributed by atoms with van der Waals surface area (Å²) in [6.45, 7) is 4.22. The van der Waals surface area contributed by atoms with Crippen molar-refractivity contribution in [1.29, 1.82) is 0 Å². The minimum Gasteiger partial charge on any atom is -0.321 e. The number of nitrogens with zero attached hydrogens (tertiary/aromatic N) is 1. The van der Waals surface area contributed by atoms with Crippen molar-refractivity contribution in [3.63, 3.8) is 0 Å². The van der Waals surface area contributed by atoms with Crippen LogP contribution in [0.15, 0.2) is 36.0 Å². The summed E-state index contributed by atoms with van der Waals surface area (Å²) in [6.07, 6.45) is 1.58. The largest absolute Gasteiger partial charge is 0.321 e. The standard InChI is InChI=1S/C13H14N2OS/c1-9(2)10-5-3-4-6-11(10)15-13(16)12-7-14-8-17-12/h3-9H,1-2H3,(H,15,16). The molecule has 2 aromatic rings. The Morgan fingerprint density at radius 2 is 2.12 bits per heavy atom. The van der Waals surface area contributed by atoms with Gasteiger partial charge in [-0.1, -0.05) is 32.0 Å². The molecule has 0 unspecified atom stereocenters. The van der Waals surface area contributed by atoms with Crippen LogP contribution in [0, 0.1) is 0 Å². The monoisotopic (exact) mass is 246 g/mol. The summed E-state index contributed by atoms with van der Waals surface area (Å²) in [6, 6.07) is 7.87. The van der Waals surface area contributed by atoms with Gasteiger partial charge in [0, 0.05) is 5.69 Å². The van der Waals surface area contributed by atoms with Gasteiger partial charge >= 0.3 is 0 Å². The zero-order valence-electron chi connectivity index (χ0n) is 9.81. The van der Waals surface area contributed by atoms with Gasteiger partial charge in [0.25, 0.3) is 5.91 Å². The van der Waals surface area contributed by atoms with Gasteiger partial charge in [-0.3, -0.25) is 9.78 Å². The van der Waals surface area contributed by atoms with Crippen molar-refractivity contribution in [3.8, 4) is 0 Å². The van der Waals surface area contributed by atoms with Crippen LogP contribution in [-0.2, 0) is 0 Å². The molecule has 0 spiro atoms. The molecule has 88 valence electrons. The van der Waals surface area contributed by atoms with Crippen LogP contribution in [0.4, 0.5) is 5.69 Å². The molecular formula is C13H14N2OS. The topological polar surface area (TPSA) is 42.0 Å². The first-order valence-electron chi connectivity index (χ1n) is 5.47. The quantitative estimate of drug-likeness (QED) is 0.900. The first kappa shape index (κ1) is 11.8. The number of carbonyl (C=O) groups is 1. The predicted octanol–water partition coefficient (Wildman–Crippen LogP) is 3.52. The minimum atomic E-state index is -0.0967. The number of carbonyl (C=O) groups excluding carboxylic acids is 1. The predicted molar refractivity (Wildman–Crippen MR) is 70.6 cm³/mol. The molecule has 0 radical (unpaired) electrons. The highest BCUT2D eigenvalue weighted by molar-refractivity contribution is 7.11. The first-order chi connectivity index (χ1) is 8.18. The third kappa shape index (κ3) is 2.71. The Hall–Kier alpha value is -1.68. The summed E-state index contributed by atoms with van der Waals surface area (Å²) in [5, 5.41) is 2.93. The molecule has 0 saturated carbocycles. The lowest BCUT2D eigenvalue weighted by Gasteiger charge is -2.12. The van der Waals surface area contributed by atoms with E-state index in [1.165, 1.54) is 11.3 Å². The first-order valence-corrected chi connectivity index (χ1v) is 6.35. The molecule has 1 amide bonds. The lowest BCUT2D eigenvalue weighted by molar-refractivity contribution is 0.103. The molecule has 1 heterocycles. The number of para-hydroxylation sites is 1. The number of aromatic nitrogens is 1. The van der Waals surface area contributed by atoms with Crippen LogP contribution in [0.5, 0.6) is 0 Å². The highest BCUT2D eigenvalue weighted by atomic mass is 32.1. The van der Waals surface area contributed by atoms with Crippen molar-refractivity contribution >= 4 is 22.9 Å². The van der Waals surface area contributed by atoms with Crippen LogP contribution < -0.4 is 5.32 Å². The van der Waals surface area contributed by atoms with Crippen LogP contribution in [0.2, 0.25) is 0 Å². The van der Waals surface area contributed by atoms with Gasteiger partial charge in [-0.25, -0.2) is 0 Å². The Kier molecular flexibility index (Phi) is 3.54. The maximum Gasteiger partial charge on any atom is 0.267 e. The third-order valence-electron chi connectivity index (χ3n) is 2.49. The SMILES string of the molecule is CC(C)c1ccccc1NC(=O)c1cncs1. The Labute approximate surface area is 105 Å². The fraction of sp³-hybridized carbons (Fsp3) is 0.231. The average Bonchev–Trinajstić information content (AvgIpc) is 2.83. The number of hydrogen-bond acceptors (Lipinski definition) is 3. The second-order valence-electron chi connectivity index (χ2n) is 4.06. The Morgan fingerprint density at radius 3 is 2.76 bits per heavy atom. The molecule has 1 N–H and O–H groups in total. The van der Waals surface area contributed by atoms with Crippen LogP contribution in [0.3, 0.4) is 0 Å². The summed E-state index contributed by atoms with van der Waals surface area (Å²) >= 11 is 1.34. The number of hydrogen-bond donors (Lipinski definition) is 1. The fourth-order valence-electron chi connectivity index (χ4n) is 1.63. The molecule has 0 bridgehead atoms. The van der Waals surface area contributed by atoms with Crippen molar-refractivity contribution in [3.05, 3.63) is 46.4 Å². The smallest absolute Gasteiger partial charge is 0.267 e. The zero-order chi connectivity index (χ0) is 12.3. The van der Waals surface area contributed by atoms with E-state index >= 15 is 0 Å². The van der Waals surface area contributed by atoms with Gasteiger partial charge in [-0.05, 0) is 17.5 Å². The normalized spacial score (nSPS) is 10.5. The number of nitrogens with one attached hydrogen (secondary N) is 1. The van der Waals surface area contributed by atoms with Gasteiger partial charge in [-0.2, -0.15) is 0 Å². The van der Waals surface area contributed by atoms with E-state index in [0.29, 0.717) is 10.8 Å². The molecule has 0 aliphatic carbocycles. The molecule has 0 atom stereocenters. The molecule has 0 aliphatic heterocycles. The highest BCUT2D eigenvalue weighted by Crippen LogP contribution is 2.24. The van der Waals surface area contributed by atoms with E-state index in [0.717, 1.165) is 11.3 Å². The second kappa shape index (κ2) is 5.10. The number of benzene rings is 1. The van der Waals surface area contributed by atoms with Gasteiger partial charge in [0.15, 0.2) is 0 Å². The molecule has 0 fully saturated rings. The van der Waals surface area contributed by atoms with E-state index in [4.69, 9.17) is 0 Å². The van der Waals surface area contributed by atoms with E-state index in [-0.39, 0.29) is 5.91 Å². The molecule has 0 aliphatic rings. The molecule has 4 heteroatoms. The van der Waals surface area contributed by atoms with Gasteiger partial charge in [0.2, 0.25) is 0 Å². The van der Waals surface area contributed by atoms with E-state index in [2.05, 4.69) is 24.1 Å². The van der Waals surface area contributed by atoms with Crippen LogP contribution in [0.1, 0.15) is 35.0 Å². The molecule has 3 nitrogen and oxygen atoms in total. The molecule has 17 heavy (non-hydrogen) atoms. The number of thiazole rings is 1. The molecule has 1 aromatic heterocycles. The molecular weight excluding hydrogens is 232 g/mol. The summed E-state index contributed by atoms with van der Waals surface area (Å²) < 4.78 is 0. The van der Waals surface area contributed by atoms with Crippen LogP contribution in [0.25, 0.3) is 0 Å². The number of rotatable bonds is 3. The molecule has 0 saturated heterocycles. The van der Waals surface area contributed by atoms with Gasteiger partial charge in [-0.15, -0.1) is 11.3 Å². The van der Waals surface area contributed by atoms with E-state index in [1.807, 2.05) is 24.3 Å². The van der Waals surface area contributed by atoms with Crippen LogP contribution in [-0.4, -0.2) is 10.9 Å².